The molecule has 0 aliphatic carbocycles. The molecule has 0 amide bonds. The van der Waals surface area contributed by atoms with Gasteiger partial charge in [-0.25, -0.2) is 9.97 Å². The molecule has 0 saturated carbocycles. The van der Waals surface area contributed by atoms with Crippen molar-refractivity contribution in [2.45, 2.75) is 13.8 Å². The SMILES string of the molecule is Cc1ccc(C)c(-c2cnc(N(C)CC#N)nc2)c1. The molecule has 0 spiro atoms. The molecule has 19 heavy (non-hydrogen) atoms. The van der Waals surface area contributed by atoms with Crippen LogP contribution in [0, 0.1) is 25.2 Å². The lowest BCUT2D eigenvalue weighted by Gasteiger charge is -2.13. The van der Waals surface area contributed by atoms with E-state index in [0.717, 1.165) is 11.1 Å². The number of nitriles is 1. The molecule has 0 aliphatic heterocycles. The Morgan fingerprint density at radius 3 is 2.53 bits per heavy atom. The molecule has 0 unspecified atom stereocenters. The van der Waals surface area contributed by atoms with Gasteiger partial charge in [-0.05, 0) is 25.0 Å². The lowest BCUT2D eigenvalue weighted by atomic mass is 10.0. The minimum absolute atomic E-state index is 0.281. The molecule has 0 saturated heterocycles. The third-order valence-corrected chi connectivity index (χ3v) is 2.99. The van der Waals surface area contributed by atoms with Crippen LogP contribution in [0.3, 0.4) is 0 Å². The van der Waals surface area contributed by atoms with Gasteiger partial charge in [-0.3, -0.25) is 0 Å². The third kappa shape index (κ3) is 2.89. The zero-order valence-electron chi connectivity index (χ0n) is 11.4. The summed E-state index contributed by atoms with van der Waals surface area (Å²) in [5.41, 5.74) is 4.56. The van der Waals surface area contributed by atoms with Crippen molar-refractivity contribution < 1.29 is 0 Å². The number of aryl methyl sites for hydroxylation is 2. The van der Waals surface area contributed by atoms with Crippen LogP contribution in [0.2, 0.25) is 0 Å². The molecule has 1 heterocycles. The van der Waals surface area contributed by atoms with E-state index >= 15 is 0 Å². The molecule has 0 fully saturated rings. The van der Waals surface area contributed by atoms with E-state index in [1.54, 1.807) is 24.3 Å². The number of nitrogens with zero attached hydrogens (tertiary/aromatic N) is 4. The second-order valence-electron chi connectivity index (χ2n) is 4.60. The Kier molecular flexibility index (Phi) is 3.76. The van der Waals surface area contributed by atoms with E-state index < -0.39 is 0 Å². The fourth-order valence-electron chi connectivity index (χ4n) is 1.88. The van der Waals surface area contributed by atoms with Crippen LogP contribution in [-0.2, 0) is 0 Å². The fraction of sp³-hybridized carbons (Fsp3) is 0.267. The summed E-state index contributed by atoms with van der Waals surface area (Å²) in [6.07, 6.45) is 3.61. The highest BCUT2D eigenvalue weighted by Gasteiger charge is 2.06. The van der Waals surface area contributed by atoms with Crippen molar-refractivity contribution >= 4 is 5.95 Å². The average Bonchev–Trinajstić information content (AvgIpc) is 2.42. The Balaban J connectivity index is 2.33. The van der Waals surface area contributed by atoms with Gasteiger partial charge in [-0.2, -0.15) is 5.26 Å². The first-order valence-electron chi connectivity index (χ1n) is 6.09. The van der Waals surface area contributed by atoms with E-state index in [0.29, 0.717) is 5.95 Å². The Hall–Kier alpha value is -2.41. The van der Waals surface area contributed by atoms with Crippen molar-refractivity contribution in [3.8, 4) is 17.2 Å². The van der Waals surface area contributed by atoms with E-state index in [-0.39, 0.29) is 6.54 Å². The van der Waals surface area contributed by atoms with Crippen molar-refractivity contribution in [2.24, 2.45) is 0 Å². The zero-order valence-corrected chi connectivity index (χ0v) is 11.4. The smallest absolute Gasteiger partial charge is 0.225 e. The minimum atomic E-state index is 0.281. The molecule has 96 valence electrons. The van der Waals surface area contributed by atoms with Gasteiger partial charge in [0.15, 0.2) is 0 Å². The van der Waals surface area contributed by atoms with Crippen molar-refractivity contribution in [2.75, 3.05) is 18.5 Å². The standard InChI is InChI=1S/C15H16N4/c1-11-4-5-12(2)14(8-11)13-9-17-15(18-10-13)19(3)7-6-16/h4-5,8-10H,7H2,1-3H3. The van der Waals surface area contributed by atoms with Gasteiger partial charge in [0.25, 0.3) is 0 Å². The molecule has 4 nitrogen and oxygen atoms in total. The monoisotopic (exact) mass is 252 g/mol. The Morgan fingerprint density at radius 1 is 1.21 bits per heavy atom. The van der Waals surface area contributed by atoms with Gasteiger partial charge in [0.05, 0.1) is 6.07 Å². The molecule has 4 heteroatoms. The van der Waals surface area contributed by atoms with E-state index in [4.69, 9.17) is 5.26 Å². The zero-order chi connectivity index (χ0) is 13.8. The molecule has 0 N–H and O–H groups in total. The van der Waals surface area contributed by atoms with Crippen molar-refractivity contribution in [3.05, 3.63) is 41.7 Å². The van der Waals surface area contributed by atoms with E-state index in [1.165, 1.54) is 11.1 Å². The normalized spacial score (nSPS) is 10.0. The molecule has 0 radical (unpaired) electrons. The van der Waals surface area contributed by atoms with Crippen molar-refractivity contribution in [1.82, 2.24) is 9.97 Å². The van der Waals surface area contributed by atoms with Crippen LogP contribution in [0.1, 0.15) is 11.1 Å². The second kappa shape index (κ2) is 5.49. The summed E-state index contributed by atoms with van der Waals surface area (Å²) in [7, 11) is 1.80. The van der Waals surface area contributed by atoms with Gasteiger partial charge >= 0.3 is 0 Å². The van der Waals surface area contributed by atoms with Gasteiger partial charge in [0, 0.05) is 25.0 Å². The molecule has 0 atom stereocenters. The fourth-order valence-corrected chi connectivity index (χ4v) is 1.88. The van der Waals surface area contributed by atoms with Crippen LogP contribution in [0.25, 0.3) is 11.1 Å². The van der Waals surface area contributed by atoms with E-state index in [9.17, 15) is 0 Å². The third-order valence-electron chi connectivity index (χ3n) is 2.99. The van der Waals surface area contributed by atoms with Crippen molar-refractivity contribution in [3.63, 3.8) is 0 Å². The molecule has 1 aromatic heterocycles. The Bertz CT molecular complexity index is 611. The van der Waals surface area contributed by atoms with Crippen LogP contribution in [0.4, 0.5) is 5.95 Å². The molecular weight excluding hydrogens is 236 g/mol. The highest BCUT2D eigenvalue weighted by atomic mass is 15.2. The molecular formula is C15H16N4. The van der Waals surface area contributed by atoms with Crippen LogP contribution in [0.5, 0.6) is 0 Å². The lowest BCUT2D eigenvalue weighted by molar-refractivity contribution is 0.947. The second-order valence-corrected chi connectivity index (χ2v) is 4.60. The molecule has 1 aromatic carbocycles. The minimum Gasteiger partial charge on any atom is -0.331 e. The predicted octanol–water partition coefficient (Wildman–Crippen LogP) is 2.72. The van der Waals surface area contributed by atoms with Gasteiger partial charge in [-0.15, -0.1) is 0 Å². The van der Waals surface area contributed by atoms with Gasteiger partial charge in [0.1, 0.15) is 6.54 Å². The lowest BCUT2D eigenvalue weighted by Crippen LogP contribution is -2.19. The highest BCUT2D eigenvalue weighted by Crippen LogP contribution is 2.23. The van der Waals surface area contributed by atoms with Gasteiger partial charge in [0.2, 0.25) is 5.95 Å². The maximum Gasteiger partial charge on any atom is 0.225 e. The summed E-state index contributed by atoms with van der Waals surface area (Å²) < 4.78 is 0. The van der Waals surface area contributed by atoms with Crippen LogP contribution in [0.15, 0.2) is 30.6 Å². The summed E-state index contributed by atoms with van der Waals surface area (Å²) in [6, 6.07) is 8.40. The first-order valence-corrected chi connectivity index (χ1v) is 6.09. The van der Waals surface area contributed by atoms with Gasteiger partial charge < -0.3 is 4.90 Å². The summed E-state index contributed by atoms with van der Waals surface area (Å²) in [6.45, 7) is 4.42. The van der Waals surface area contributed by atoms with Crippen LogP contribution in [-0.4, -0.2) is 23.6 Å². The summed E-state index contributed by atoms with van der Waals surface area (Å²) >= 11 is 0. The van der Waals surface area contributed by atoms with E-state index in [1.807, 2.05) is 0 Å². The quantitative estimate of drug-likeness (QED) is 0.788. The predicted molar refractivity (Wildman–Crippen MR) is 75.8 cm³/mol. The largest absolute Gasteiger partial charge is 0.331 e. The Labute approximate surface area is 113 Å². The highest BCUT2D eigenvalue weighted by molar-refractivity contribution is 5.66. The molecule has 2 rings (SSSR count). The first-order chi connectivity index (χ1) is 9.11. The first kappa shape index (κ1) is 13.0. The van der Waals surface area contributed by atoms with E-state index in [2.05, 4.69) is 48.1 Å². The summed E-state index contributed by atoms with van der Waals surface area (Å²) in [5, 5.41) is 8.65. The number of rotatable bonds is 3. The Morgan fingerprint density at radius 2 is 1.89 bits per heavy atom. The molecule has 0 aliphatic rings. The van der Waals surface area contributed by atoms with Crippen molar-refractivity contribution in [1.29, 1.82) is 5.26 Å². The maximum atomic E-state index is 8.65. The number of hydrogen-bond acceptors (Lipinski definition) is 4. The summed E-state index contributed by atoms with van der Waals surface area (Å²) in [5.74, 6) is 0.565. The molecule has 2 aromatic rings. The average molecular weight is 252 g/mol. The van der Waals surface area contributed by atoms with Crippen LogP contribution < -0.4 is 4.90 Å². The van der Waals surface area contributed by atoms with Gasteiger partial charge in [-0.1, -0.05) is 23.8 Å². The number of hydrogen-bond donors (Lipinski definition) is 0. The summed E-state index contributed by atoms with van der Waals surface area (Å²) in [4.78, 5) is 10.3. The van der Waals surface area contributed by atoms with Crippen LogP contribution >= 0.6 is 0 Å². The number of anilines is 1. The topological polar surface area (TPSA) is 52.8 Å². The number of benzene rings is 1. The number of aromatic nitrogens is 2. The molecule has 0 bridgehead atoms. The maximum absolute atomic E-state index is 8.65.